The number of anilines is 2. The van der Waals surface area contributed by atoms with Crippen LogP contribution in [0.15, 0.2) is 71.8 Å². The summed E-state index contributed by atoms with van der Waals surface area (Å²) < 4.78 is 5.31. The summed E-state index contributed by atoms with van der Waals surface area (Å²) in [6.45, 7) is 0. The van der Waals surface area contributed by atoms with E-state index in [0.717, 1.165) is 17.1 Å². The molecule has 1 aliphatic heterocycles. The van der Waals surface area contributed by atoms with Gasteiger partial charge >= 0.3 is 0 Å². The van der Waals surface area contributed by atoms with Crippen LogP contribution >= 0.6 is 11.3 Å². The number of ether oxygens (including phenoxy) is 1. The Hall–Kier alpha value is -3.25. The summed E-state index contributed by atoms with van der Waals surface area (Å²) in [6, 6.07) is 17.0. The van der Waals surface area contributed by atoms with E-state index in [2.05, 4.69) is 22.8 Å². The van der Waals surface area contributed by atoms with Crippen molar-refractivity contribution in [1.29, 1.82) is 0 Å². The van der Waals surface area contributed by atoms with Crippen molar-refractivity contribution in [2.24, 2.45) is 5.92 Å². The third-order valence-corrected chi connectivity index (χ3v) is 6.83. The minimum Gasteiger partial charge on any atom is -0.504 e. The predicted molar refractivity (Wildman–Crippen MR) is 119 cm³/mol. The molecule has 1 aromatic heterocycles. The van der Waals surface area contributed by atoms with Gasteiger partial charge in [-0.2, -0.15) is 0 Å². The van der Waals surface area contributed by atoms with Gasteiger partial charge in [0.15, 0.2) is 11.5 Å². The van der Waals surface area contributed by atoms with Crippen LogP contribution in [0.1, 0.15) is 28.8 Å². The number of nitrogens with one attached hydrogen (secondary N) is 2. The Morgan fingerprint density at radius 2 is 1.90 bits per heavy atom. The zero-order chi connectivity index (χ0) is 20.7. The van der Waals surface area contributed by atoms with Crippen molar-refractivity contribution in [3.05, 3.63) is 82.2 Å². The van der Waals surface area contributed by atoms with Crippen LogP contribution in [0.25, 0.3) is 0 Å². The largest absolute Gasteiger partial charge is 0.504 e. The standard InChI is InChI=1S/C24H22N2O3S/c1-29-20-9-4-6-15(24(20)28)23-22-18(25-16-7-2-3-8-17(16)26-23)12-14(13-19(22)27)21-10-5-11-30-21/h2-12,14,22-23,25-26,28H,13H2,1H3. The van der Waals surface area contributed by atoms with Crippen LogP contribution in [0.4, 0.5) is 11.4 Å². The molecule has 3 N–H and O–H groups in total. The van der Waals surface area contributed by atoms with E-state index in [-0.39, 0.29) is 17.5 Å². The van der Waals surface area contributed by atoms with E-state index in [1.54, 1.807) is 17.4 Å². The monoisotopic (exact) mass is 418 g/mol. The number of thiophene rings is 1. The molecule has 0 saturated carbocycles. The molecule has 1 aliphatic carbocycles. The van der Waals surface area contributed by atoms with Crippen LogP contribution in [0.5, 0.6) is 11.5 Å². The highest BCUT2D eigenvalue weighted by atomic mass is 32.1. The van der Waals surface area contributed by atoms with E-state index in [4.69, 9.17) is 4.74 Å². The number of phenolic OH excluding ortho intramolecular Hbond substituents is 1. The van der Waals surface area contributed by atoms with Gasteiger partial charge in [0.2, 0.25) is 0 Å². The summed E-state index contributed by atoms with van der Waals surface area (Å²) >= 11 is 1.67. The molecule has 30 heavy (non-hydrogen) atoms. The summed E-state index contributed by atoms with van der Waals surface area (Å²) in [5, 5.41) is 19.9. The molecule has 3 aromatic rings. The highest BCUT2D eigenvalue weighted by Gasteiger charge is 2.41. The van der Waals surface area contributed by atoms with E-state index >= 15 is 0 Å². The summed E-state index contributed by atoms with van der Waals surface area (Å²) in [4.78, 5) is 14.6. The van der Waals surface area contributed by atoms with E-state index in [9.17, 15) is 9.90 Å². The average Bonchev–Trinajstić information content (AvgIpc) is 3.23. The van der Waals surface area contributed by atoms with Crippen molar-refractivity contribution in [2.75, 3.05) is 17.7 Å². The van der Waals surface area contributed by atoms with Crippen LogP contribution in [0.2, 0.25) is 0 Å². The molecule has 3 atom stereocenters. The minimum atomic E-state index is -0.438. The molecule has 2 aromatic carbocycles. The molecule has 0 radical (unpaired) electrons. The zero-order valence-electron chi connectivity index (χ0n) is 16.5. The van der Waals surface area contributed by atoms with Crippen LogP contribution in [0.3, 0.4) is 0 Å². The number of methoxy groups -OCH3 is 1. The van der Waals surface area contributed by atoms with Gasteiger partial charge in [-0.15, -0.1) is 11.3 Å². The Morgan fingerprint density at radius 1 is 1.07 bits per heavy atom. The molecule has 6 heteroatoms. The van der Waals surface area contributed by atoms with E-state index in [0.29, 0.717) is 17.7 Å². The highest BCUT2D eigenvalue weighted by molar-refractivity contribution is 7.10. The normalized spacial score (nSPS) is 22.6. The second-order valence-electron chi connectivity index (χ2n) is 7.58. The molecule has 3 unspecified atom stereocenters. The molecule has 152 valence electrons. The lowest BCUT2D eigenvalue weighted by atomic mass is 9.78. The second-order valence-corrected chi connectivity index (χ2v) is 8.56. The van der Waals surface area contributed by atoms with Gasteiger partial charge in [-0.3, -0.25) is 4.79 Å². The fraction of sp³-hybridized carbons (Fsp3) is 0.208. The van der Waals surface area contributed by atoms with Gasteiger partial charge in [0.1, 0.15) is 5.78 Å². The molecule has 0 amide bonds. The lowest BCUT2D eigenvalue weighted by Crippen LogP contribution is -2.33. The second kappa shape index (κ2) is 7.54. The Balaban J connectivity index is 1.66. The number of carbonyl (C=O) groups is 1. The number of carbonyl (C=O) groups excluding carboxylic acids is 1. The van der Waals surface area contributed by atoms with Gasteiger partial charge in [0, 0.05) is 28.5 Å². The molecule has 0 saturated heterocycles. The number of rotatable bonds is 3. The van der Waals surface area contributed by atoms with Gasteiger partial charge in [-0.1, -0.05) is 36.4 Å². The van der Waals surface area contributed by atoms with E-state index in [1.807, 2.05) is 47.8 Å². The molecule has 0 fully saturated rings. The summed E-state index contributed by atoms with van der Waals surface area (Å²) in [6.07, 6.45) is 2.61. The first-order valence-electron chi connectivity index (χ1n) is 9.92. The van der Waals surface area contributed by atoms with Crippen molar-refractivity contribution >= 4 is 28.5 Å². The van der Waals surface area contributed by atoms with Crippen LogP contribution in [-0.4, -0.2) is 18.0 Å². The molecular weight excluding hydrogens is 396 g/mol. The SMILES string of the molecule is COc1cccc(C2Nc3ccccc3NC3=CC(c4cccs4)CC(=O)C32)c1O. The quantitative estimate of drug-likeness (QED) is 0.539. The highest BCUT2D eigenvalue weighted by Crippen LogP contribution is 2.47. The molecule has 0 bridgehead atoms. The molecule has 5 nitrogen and oxygen atoms in total. The maximum atomic E-state index is 13.5. The minimum absolute atomic E-state index is 0.0565. The number of fused-ring (bicyclic) bond motifs is 2. The topological polar surface area (TPSA) is 70.6 Å². The van der Waals surface area contributed by atoms with Gasteiger partial charge in [0.05, 0.1) is 30.4 Å². The van der Waals surface area contributed by atoms with Gasteiger partial charge < -0.3 is 20.5 Å². The number of phenols is 1. The van der Waals surface area contributed by atoms with Gasteiger partial charge in [-0.25, -0.2) is 0 Å². The molecule has 5 rings (SSSR count). The molecule has 2 aliphatic rings. The first-order chi connectivity index (χ1) is 14.7. The third-order valence-electron chi connectivity index (χ3n) is 5.83. The first-order valence-corrected chi connectivity index (χ1v) is 10.8. The number of allylic oxidation sites excluding steroid dienone is 1. The van der Waals surface area contributed by atoms with Gasteiger partial charge in [0.25, 0.3) is 0 Å². The Kier molecular flexibility index (Phi) is 4.71. The maximum absolute atomic E-state index is 13.5. The first kappa shape index (κ1) is 18.8. The number of ketones is 1. The molecule has 0 spiro atoms. The van der Waals surface area contributed by atoms with Crippen molar-refractivity contribution < 1.29 is 14.6 Å². The number of benzene rings is 2. The summed E-state index contributed by atoms with van der Waals surface area (Å²) in [7, 11) is 1.53. The van der Waals surface area contributed by atoms with E-state index in [1.165, 1.54) is 12.0 Å². The number of Topliss-reactive ketones (excluding diaryl/α,β-unsaturated/α-hetero) is 1. The zero-order valence-corrected chi connectivity index (χ0v) is 17.3. The maximum Gasteiger partial charge on any atom is 0.163 e. The summed E-state index contributed by atoms with van der Waals surface area (Å²) in [5.41, 5.74) is 3.32. The smallest absolute Gasteiger partial charge is 0.163 e. The van der Waals surface area contributed by atoms with Crippen LogP contribution in [-0.2, 0) is 4.79 Å². The van der Waals surface area contributed by atoms with Crippen molar-refractivity contribution in [3.63, 3.8) is 0 Å². The fourth-order valence-corrected chi connectivity index (χ4v) is 5.20. The van der Waals surface area contributed by atoms with Gasteiger partial charge in [-0.05, 0) is 29.6 Å². The number of aromatic hydroxyl groups is 1. The molecule has 2 heterocycles. The lowest BCUT2D eigenvalue weighted by Gasteiger charge is -2.32. The number of para-hydroxylation sites is 3. The van der Waals surface area contributed by atoms with Crippen LogP contribution in [0, 0.1) is 5.92 Å². The van der Waals surface area contributed by atoms with Crippen LogP contribution < -0.4 is 15.4 Å². The Morgan fingerprint density at radius 3 is 2.67 bits per heavy atom. The third kappa shape index (κ3) is 3.13. The van der Waals surface area contributed by atoms with E-state index < -0.39 is 12.0 Å². The average molecular weight is 419 g/mol. The van der Waals surface area contributed by atoms with Crippen molar-refractivity contribution in [1.82, 2.24) is 0 Å². The molecular formula is C24H22N2O3S. The number of hydrogen-bond acceptors (Lipinski definition) is 6. The Labute approximate surface area is 179 Å². The Bertz CT molecular complexity index is 1120. The summed E-state index contributed by atoms with van der Waals surface area (Å²) in [5.74, 6) is 0.216. The van der Waals surface area contributed by atoms with Crippen molar-refractivity contribution in [3.8, 4) is 11.5 Å². The fourth-order valence-electron chi connectivity index (χ4n) is 4.40. The van der Waals surface area contributed by atoms with Crippen molar-refractivity contribution in [2.45, 2.75) is 18.4 Å². The number of hydrogen-bond donors (Lipinski definition) is 3. The predicted octanol–water partition coefficient (Wildman–Crippen LogP) is 5.30. The lowest BCUT2D eigenvalue weighted by molar-refractivity contribution is -0.122.